The van der Waals surface area contributed by atoms with E-state index >= 15 is 0 Å². The van der Waals surface area contributed by atoms with Gasteiger partial charge in [0.2, 0.25) is 0 Å². The first-order chi connectivity index (χ1) is 10.0. The standard InChI is InChI=1S/C15H16N2O3S/c1-3-4-10-7-13(21-9(10)2)14(18)17-12-8-16-6-5-11(12)15(19)20/h5-8H,3-4H2,1-2H3,(H,17,18)(H,19,20). The van der Waals surface area contributed by atoms with Crippen molar-refractivity contribution in [1.82, 2.24) is 4.98 Å². The lowest BCUT2D eigenvalue weighted by Gasteiger charge is -2.06. The fourth-order valence-electron chi connectivity index (χ4n) is 2.01. The number of hydrogen-bond acceptors (Lipinski definition) is 4. The number of thiophene rings is 1. The Kier molecular flexibility index (Phi) is 4.70. The Morgan fingerprint density at radius 2 is 2.19 bits per heavy atom. The Morgan fingerprint density at radius 3 is 2.86 bits per heavy atom. The number of carboxylic acids is 1. The fourth-order valence-corrected chi connectivity index (χ4v) is 2.98. The van der Waals surface area contributed by atoms with Gasteiger partial charge >= 0.3 is 5.97 Å². The average Bonchev–Trinajstić information content (AvgIpc) is 2.81. The molecule has 2 aromatic rings. The van der Waals surface area contributed by atoms with Gasteiger partial charge in [-0.25, -0.2) is 4.79 Å². The van der Waals surface area contributed by atoms with Gasteiger partial charge in [0.25, 0.3) is 5.91 Å². The fraction of sp³-hybridized carbons (Fsp3) is 0.267. The van der Waals surface area contributed by atoms with Gasteiger partial charge in [-0.1, -0.05) is 13.3 Å². The number of nitrogens with zero attached hydrogens (tertiary/aromatic N) is 1. The molecule has 0 aliphatic heterocycles. The van der Waals surface area contributed by atoms with E-state index in [2.05, 4.69) is 17.2 Å². The van der Waals surface area contributed by atoms with E-state index in [0.717, 1.165) is 23.3 Å². The van der Waals surface area contributed by atoms with Crippen LogP contribution in [0.5, 0.6) is 0 Å². The van der Waals surface area contributed by atoms with Crippen LogP contribution in [0.25, 0.3) is 0 Å². The zero-order valence-corrected chi connectivity index (χ0v) is 12.7. The second-order valence-electron chi connectivity index (χ2n) is 4.62. The lowest BCUT2D eigenvalue weighted by Crippen LogP contribution is -2.13. The van der Waals surface area contributed by atoms with Gasteiger partial charge in [-0.2, -0.15) is 0 Å². The monoisotopic (exact) mass is 304 g/mol. The van der Waals surface area contributed by atoms with Gasteiger partial charge in [0.15, 0.2) is 0 Å². The van der Waals surface area contributed by atoms with E-state index in [4.69, 9.17) is 5.11 Å². The Balaban J connectivity index is 2.22. The van der Waals surface area contributed by atoms with Gasteiger partial charge < -0.3 is 10.4 Å². The molecule has 0 aliphatic carbocycles. The lowest BCUT2D eigenvalue weighted by molar-refractivity contribution is 0.0698. The summed E-state index contributed by atoms with van der Waals surface area (Å²) < 4.78 is 0. The molecule has 2 heterocycles. The summed E-state index contributed by atoms with van der Waals surface area (Å²) in [7, 11) is 0. The number of aromatic nitrogens is 1. The van der Waals surface area contributed by atoms with Crippen molar-refractivity contribution in [3.05, 3.63) is 45.4 Å². The third-order valence-electron chi connectivity index (χ3n) is 3.06. The molecule has 5 nitrogen and oxygen atoms in total. The van der Waals surface area contributed by atoms with Crippen LogP contribution in [0.4, 0.5) is 5.69 Å². The van der Waals surface area contributed by atoms with Crippen LogP contribution in [-0.4, -0.2) is 22.0 Å². The maximum absolute atomic E-state index is 12.2. The first kappa shape index (κ1) is 15.2. The number of pyridine rings is 1. The van der Waals surface area contributed by atoms with Crippen LogP contribution >= 0.6 is 11.3 Å². The van der Waals surface area contributed by atoms with Crippen LogP contribution < -0.4 is 5.32 Å². The molecule has 0 bridgehead atoms. The summed E-state index contributed by atoms with van der Waals surface area (Å²) in [5.74, 6) is -1.40. The minimum atomic E-state index is -1.10. The molecule has 2 rings (SSSR count). The molecule has 1 amide bonds. The molecular weight excluding hydrogens is 288 g/mol. The number of anilines is 1. The molecule has 0 spiro atoms. The minimum Gasteiger partial charge on any atom is -0.478 e. The summed E-state index contributed by atoms with van der Waals surface area (Å²) in [5.41, 5.74) is 1.40. The molecule has 0 fully saturated rings. The van der Waals surface area contributed by atoms with Crippen LogP contribution in [0.15, 0.2) is 24.5 Å². The highest BCUT2D eigenvalue weighted by Gasteiger charge is 2.16. The number of aromatic carboxylic acids is 1. The van der Waals surface area contributed by atoms with Gasteiger partial charge in [-0.15, -0.1) is 11.3 Å². The van der Waals surface area contributed by atoms with Crippen molar-refractivity contribution in [2.75, 3.05) is 5.32 Å². The predicted octanol–water partition coefficient (Wildman–Crippen LogP) is 3.35. The normalized spacial score (nSPS) is 10.4. The first-order valence-electron chi connectivity index (χ1n) is 6.61. The van der Waals surface area contributed by atoms with E-state index in [1.807, 2.05) is 13.0 Å². The molecule has 0 saturated heterocycles. The summed E-state index contributed by atoms with van der Waals surface area (Å²) in [5, 5.41) is 11.7. The minimum absolute atomic E-state index is 0.0282. The maximum atomic E-state index is 12.2. The molecule has 110 valence electrons. The lowest BCUT2D eigenvalue weighted by atomic mass is 10.1. The molecule has 2 N–H and O–H groups in total. The van der Waals surface area contributed by atoms with Gasteiger partial charge in [0.1, 0.15) is 0 Å². The van der Waals surface area contributed by atoms with E-state index in [0.29, 0.717) is 4.88 Å². The summed E-state index contributed by atoms with van der Waals surface area (Å²) in [4.78, 5) is 28.9. The van der Waals surface area contributed by atoms with Gasteiger partial charge in [0.05, 0.1) is 22.3 Å². The quantitative estimate of drug-likeness (QED) is 0.887. The summed E-state index contributed by atoms with van der Waals surface area (Å²) in [6.45, 7) is 4.07. The molecular formula is C15H16N2O3S. The van der Waals surface area contributed by atoms with Crippen molar-refractivity contribution >= 4 is 28.9 Å². The highest BCUT2D eigenvalue weighted by molar-refractivity contribution is 7.14. The predicted molar refractivity (Wildman–Crippen MR) is 82.2 cm³/mol. The van der Waals surface area contributed by atoms with E-state index in [1.165, 1.54) is 29.8 Å². The first-order valence-corrected chi connectivity index (χ1v) is 7.42. The number of amides is 1. The Bertz CT molecular complexity index is 679. The maximum Gasteiger partial charge on any atom is 0.337 e. The van der Waals surface area contributed by atoms with Crippen LogP contribution in [0.1, 0.15) is 43.8 Å². The number of nitrogens with one attached hydrogen (secondary N) is 1. The number of hydrogen-bond donors (Lipinski definition) is 2. The zero-order chi connectivity index (χ0) is 15.4. The summed E-state index contributed by atoms with van der Waals surface area (Å²) in [6.07, 6.45) is 4.68. The van der Waals surface area contributed by atoms with E-state index in [9.17, 15) is 9.59 Å². The highest BCUT2D eigenvalue weighted by atomic mass is 32.1. The molecule has 0 aromatic carbocycles. The molecule has 0 aliphatic rings. The third kappa shape index (κ3) is 3.46. The van der Waals surface area contributed by atoms with Crippen LogP contribution in [-0.2, 0) is 6.42 Å². The van der Waals surface area contributed by atoms with Crippen molar-refractivity contribution in [1.29, 1.82) is 0 Å². The summed E-state index contributed by atoms with van der Waals surface area (Å²) in [6, 6.07) is 3.23. The molecule has 0 unspecified atom stereocenters. The Morgan fingerprint density at radius 1 is 1.43 bits per heavy atom. The molecule has 21 heavy (non-hydrogen) atoms. The number of carbonyl (C=O) groups excluding carboxylic acids is 1. The van der Waals surface area contributed by atoms with E-state index in [1.54, 1.807) is 0 Å². The molecule has 0 saturated carbocycles. The largest absolute Gasteiger partial charge is 0.478 e. The van der Waals surface area contributed by atoms with Gasteiger partial charge in [-0.05, 0) is 31.0 Å². The van der Waals surface area contributed by atoms with E-state index < -0.39 is 5.97 Å². The molecule has 2 aromatic heterocycles. The van der Waals surface area contributed by atoms with Gasteiger partial charge in [-0.3, -0.25) is 9.78 Å². The number of carbonyl (C=O) groups is 2. The highest BCUT2D eigenvalue weighted by Crippen LogP contribution is 2.24. The number of aryl methyl sites for hydroxylation is 2. The second kappa shape index (κ2) is 6.49. The molecule has 0 atom stereocenters. The van der Waals surface area contributed by atoms with Crippen molar-refractivity contribution < 1.29 is 14.7 Å². The topological polar surface area (TPSA) is 79.3 Å². The smallest absolute Gasteiger partial charge is 0.337 e. The van der Waals surface area contributed by atoms with Crippen LogP contribution in [0, 0.1) is 6.92 Å². The third-order valence-corrected chi connectivity index (χ3v) is 4.15. The number of carboxylic acid groups (broad SMARTS) is 1. The van der Waals surface area contributed by atoms with Crippen molar-refractivity contribution in [3.63, 3.8) is 0 Å². The van der Waals surface area contributed by atoms with Gasteiger partial charge in [0, 0.05) is 11.1 Å². The van der Waals surface area contributed by atoms with Crippen LogP contribution in [0.2, 0.25) is 0 Å². The average molecular weight is 304 g/mol. The Hall–Kier alpha value is -2.21. The van der Waals surface area contributed by atoms with Crippen molar-refractivity contribution in [2.24, 2.45) is 0 Å². The second-order valence-corrected chi connectivity index (χ2v) is 5.88. The number of rotatable bonds is 5. The van der Waals surface area contributed by atoms with E-state index in [-0.39, 0.29) is 17.2 Å². The molecule has 6 heteroatoms. The molecule has 0 radical (unpaired) electrons. The van der Waals surface area contributed by atoms with Crippen LogP contribution in [0.3, 0.4) is 0 Å². The zero-order valence-electron chi connectivity index (χ0n) is 11.8. The summed E-state index contributed by atoms with van der Waals surface area (Å²) >= 11 is 1.42. The SMILES string of the molecule is CCCc1cc(C(=O)Nc2cnccc2C(=O)O)sc1C. The van der Waals surface area contributed by atoms with Crippen molar-refractivity contribution in [3.8, 4) is 0 Å². The Labute approximate surface area is 126 Å². The van der Waals surface area contributed by atoms with Crippen molar-refractivity contribution in [2.45, 2.75) is 26.7 Å².